The molecule has 0 bridgehead atoms. The Hall–Kier alpha value is -4.07. The first kappa shape index (κ1) is 30.5. The largest absolute Gasteiger partial charge is 0.466 e. The van der Waals surface area contributed by atoms with E-state index in [1.54, 1.807) is 37.3 Å². The van der Waals surface area contributed by atoms with E-state index in [2.05, 4.69) is 10.6 Å². The summed E-state index contributed by atoms with van der Waals surface area (Å²) in [6.45, 7) is 9.25. The number of aryl methyl sites for hydroxylation is 2. The van der Waals surface area contributed by atoms with Crippen LogP contribution in [0.5, 0.6) is 0 Å². The van der Waals surface area contributed by atoms with Crippen LogP contribution in [0.3, 0.4) is 0 Å². The van der Waals surface area contributed by atoms with Crippen molar-refractivity contribution < 1.29 is 27.9 Å². The average molecular weight is 551 g/mol. The Morgan fingerprint density at radius 3 is 2.15 bits per heavy atom. The molecule has 212 valence electrons. The van der Waals surface area contributed by atoms with E-state index in [1.807, 2.05) is 45.9 Å². The van der Waals surface area contributed by atoms with Crippen molar-refractivity contribution in [2.75, 3.05) is 6.61 Å². The first-order chi connectivity index (χ1) is 19.0. The number of halogens is 2. The third kappa shape index (κ3) is 7.74. The van der Waals surface area contributed by atoms with Gasteiger partial charge in [0.2, 0.25) is 5.91 Å². The van der Waals surface area contributed by atoms with Crippen molar-refractivity contribution in [3.8, 4) is 11.1 Å². The molecule has 0 aliphatic rings. The molecule has 0 unspecified atom stereocenters. The summed E-state index contributed by atoms with van der Waals surface area (Å²) in [7, 11) is 0. The first-order valence-electron chi connectivity index (χ1n) is 13.4. The van der Waals surface area contributed by atoms with E-state index in [-0.39, 0.29) is 24.5 Å². The maximum atomic E-state index is 15.3. The number of rotatable bonds is 11. The van der Waals surface area contributed by atoms with Crippen LogP contribution in [0, 0.1) is 31.4 Å². The van der Waals surface area contributed by atoms with E-state index in [0.717, 1.165) is 22.8 Å². The molecule has 6 nitrogen and oxygen atoms in total. The molecule has 0 spiro atoms. The molecule has 0 saturated carbocycles. The summed E-state index contributed by atoms with van der Waals surface area (Å²) in [5, 5.41) is 5.44. The predicted molar refractivity (Wildman–Crippen MR) is 151 cm³/mol. The molecule has 3 aromatic carbocycles. The number of ether oxygens (including phenoxy) is 1. The van der Waals surface area contributed by atoms with Gasteiger partial charge in [-0.05, 0) is 79.6 Å². The van der Waals surface area contributed by atoms with Crippen LogP contribution in [0.25, 0.3) is 11.1 Å². The van der Waals surface area contributed by atoms with Crippen molar-refractivity contribution in [1.82, 2.24) is 10.6 Å². The maximum Gasteiger partial charge on any atom is 0.308 e. The molecule has 3 rings (SSSR count). The molecule has 2 atom stereocenters. The lowest BCUT2D eigenvalue weighted by Crippen LogP contribution is -2.48. The number of hydrogen-bond acceptors (Lipinski definition) is 4. The number of benzene rings is 3. The average Bonchev–Trinajstić information content (AvgIpc) is 2.90. The van der Waals surface area contributed by atoms with Crippen LogP contribution in [0.1, 0.15) is 66.7 Å². The zero-order valence-electron chi connectivity index (χ0n) is 23.5. The normalized spacial score (nSPS) is 12.5. The van der Waals surface area contributed by atoms with Gasteiger partial charge in [-0.25, -0.2) is 8.78 Å². The van der Waals surface area contributed by atoms with Gasteiger partial charge in [0.05, 0.1) is 19.1 Å². The molecular formula is C32H36F2N2O4. The van der Waals surface area contributed by atoms with Crippen LogP contribution >= 0.6 is 0 Å². The zero-order chi connectivity index (χ0) is 29.4. The Bertz CT molecular complexity index is 1340. The number of esters is 1. The van der Waals surface area contributed by atoms with Gasteiger partial charge in [0, 0.05) is 11.1 Å². The third-order valence-electron chi connectivity index (χ3n) is 6.56. The lowest BCUT2D eigenvalue weighted by Gasteiger charge is -2.25. The fourth-order valence-electron chi connectivity index (χ4n) is 4.71. The smallest absolute Gasteiger partial charge is 0.308 e. The SMILES string of the molecule is CCOC(=O)C[C@H](NC(=O)[C@H](CC(C)C)NC(=O)c1ccccc1)c1cc(-c2c(C)cccc2C)cc(F)c1F. The van der Waals surface area contributed by atoms with Gasteiger partial charge in [-0.2, -0.15) is 0 Å². The molecule has 2 amide bonds. The van der Waals surface area contributed by atoms with Crippen molar-refractivity contribution in [1.29, 1.82) is 0 Å². The topological polar surface area (TPSA) is 84.5 Å². The fourth-order valence-corrected chi connectivity index (χ4v) is 4.71. The molecule has 0 aliphatic carbocycles. The molecule has 0 aliphatic heterocycles. The van der Waals surface area contributed by atoms with Crippen LogP contribution in [0.2, 0.25) is 0 Å². The number of hydrogen-bond donors (Lipinski definition) is 2. The Kier molecular flexibility index (Phi) is 10.5. The van der Waals surface area contributed by atoms with Crippen LogP contribution in [0.4, 0.5) is 8.78 Å². The van der Waals surface area contributed by atoms with Crippen molar-refractivity contribution in [2.24, 2.45) is 5.92 Å². The van der Waals surface area contributed by atoms with Crippen LogP contribution in [-0.4, -0.2) is 30.4 Å². The highest BCUT2D eigenvalue weighted by molar-refractivity contribution is 5.97. The van der Waals surface area contributed by atoms with Crippen molar-refractivity contribution >= 4 is 17.8 Å². The number of carbonyl (C=O) groups excluding carboxylic acids is 3. The van der Waals surface area contributed by atoms with Crippen molar-refractivity contribution in [3.05, 3.63) is 94.6 Å². The van der Waals surface area contributed by atoms with Gasteiger partial charge < -0.3 is 15.4 Å². The van der Waals surface area contributed by atoms with E-state index < -0.39 is 47.9 Å². The Morgan fingerprint density at radius 1 is 0.900 bits per heavy atom. The minimum Gasteiger partial charge on any atom is -0.466 e. The number of amides is 2. The van der Waals surface area contributed by atoms with Crippen LogP contribution in [0.15, 0.2) is 60.7 Å². The zero-order valence-corrected chi connectivity index (χ0v) is 23.5. The highest BCUT2D eigenvalue weighted by Crippen LogP contribution is 2.33. The van der Waals surface area contributed by atoms with Gasteiger partial charge in [0.15, 0.2) is 11.6 Å². The summed E-state index contributed by atoms with van der Waals surface area (Å²) >= 11 is 0. The van der Waals surface area contributed by atoms with E-state index in [1.165, 1.54) is 6.07 Å². The second-order valence-electron chi connectivity index (χ2n) is 10.2. The molecule has 0 radical (unpaired) electrons. The van der Waals surface area contributed by atoms with Gasteiger partial charge in [-0.15, -0.1) is 0 Å². The second-order valence-corrected chi connectivity index (χ2v) is 10.2. The minimum atomic E-state index is -1.24. The minimum absolute atomic E-state index is 0.0249. The molecule has 3 aromatic rings. The van der Waals surface area contributed by atoms with Crippen molar-refractivity contribution in [2.45, 2.75) is 59.5 Å². The lowest BCUT2D eigenvalue weighted by molar-refractivity contribution is -0.143. The Morgan fingerprint density at radius 2 is 1.55 bits per heavy atom. The van der Waals surface area contributed by atoms with E-state index in [4.69, 9.17) is 4.74 Å². The fraction of sp³-hybridized carbons (Fsp3) is 0.344. The summed E-state index contributed by atoms with van der Waals surface area (Å²) in [6, 6.07) is 14.4. The molecule has 0 saturated heterocycles. The van der Waals surface area contributed by atoms with E-state index >= 15 is 8.78 Å². The molecule has 0 aromatic heterocycles. The summed E-state index contributed by atoms with van der Waals surface area (Å²) < 4.78 is 35.4. The highest BCUT2D eigenvalue weighted by Gasteiger charge is 2.29. The van der Waals surface area contributed by atoms with Gasteiger partial charge in [0.1, 0.15) is 6.04 Å². The van der Waals surface area contributed by atoms with Crippen LogP contribution < -0.4 is 10.6 Å². The van der Waals surface area contributed by atoms with Gasteiger partial charge in [0.25, 0.3) is 5.91 Å². The third-order valence-corrected chi connectivity index (χ3v) is 6.56. The quantitative estimate of drug-likeness (QED) is 0.278. The van der Waals surface area contributed by atoms with E-state index in [0.29, 0.717) is 11.1 Å². The first-order valence-corrected chi connectivity index (χ1v) is 13.4. The summed E-state index contributed by atoms with van der Waals surface area (Å²) in [4.78, 5) is 38.9. The maximum absolute atomic E-state index is 15.3. The van der Waals surface area contributed by atoms with Gasteiger partial charge in [-0.3, -0.25) is 14.4 Å². The van der Waals surface area contributed by atoms with Gasteiger partial charge in [-0.1, -0.05) is 50.2 Å². The molecule has 0 fully saturated rings. The second kappa shape index (κ2) is 13.8. The monoisotopic (exact) mass is 550 g/mol. The molecule has 0 heterocycles. The number of nitrogens with one attached hydrogen (secondary N) is 2. The standard InChI is InChI=1S/C32H36F2N2O4/c1-6-40-28(37)18-26(24-16-23(17-25(33)30(24)34)29-20(4)11-10-12-21(29)5)35-32(39)27(15-19(2)3)36-31(38)22-13-8-7-9-14-22/h7-14,16-17,19,26-27H,6,15,18H2,1-5H3,(H,35,39)(H,36,38)/t26-,27-/m0/s1. The summed E-state index contributed by atoms with van der Waals surface area (Å²) in [5.41, 5.74) is 3.07. The van der Waals surface area contributed by atoms with E-state index in [9.17, 15) is 14.4 Å². The lowest BCUT2D eigenvalue weighted by atomic mass is 9.92. The summed E-state index contributed by atoms with van der Waals surface area (Å²) in [5.74, 6) is -3.99. The molecule has 40 heavy (non-hydrogen) atoms. The number of carbonyl (C=O) groups is 3. The Balaban J connectivity index is 2.01. The van der Waals surface area contributed by atoms with Gasteiger partial charge >= 0.3 is 5.97 Å². The van der Waals surface area contributed by atoms with Crippen LogP contribution in [-0.2, 0) is 14.3 Å². The highest BCUT2D eigenvalue weighted by atomic mass is 19.2. The van der Waals surface area contributed by atoms with Crippen molar-refractivity contribution in [3.63, 3.8) is 0 Å². The molecule has 2 N–H and O–H groups in total. The summed E-state index contributed by atoms with van der Waals surface area (Å²) in [6.07, 6.45) is -0.136. The predicted octanol–water partition coefficient (Wildman–Crippen LogP) is 6.20. The molecule has 8 heteroatoms. The molecular weight excluding hydrogens is 514 g/mol. The Labute approximate surface area is 234 Å².